The number of hydrogen-bond donors (Lipinski definition) is 2. The van der Waals surface area contributed by atoms with Gasteiger partial charge in [-0.05, 0) is 53.2 Å². The van der Waals surface area contributed by atoms with Crippen molar-refractivity contribution in [3.63, 3.8) is 0 Å². The van der Waals surface area contributed by atoms with Gasteiger partial charge in [0.1, 0.15) is 18.1 Å². The zero-order valence-corrected chi connectivity index (χ0v) is 17.9. The van der Waals surface area contributed by atoms with Crippen molar-refractivity contribution in [1.29, 1.82) is 0 Å². The van der Waals surface area contributed by atoms with Crippen LogP contribution in [0, 0.1) is 5.82 Å². The quantitative estimate of drug-likeness (QED) is 0.348. The summed E-state index contributed by atoms with van der Waals surface area (Å²) in [7, 11) is 0. The summed E-state index contributed by atoms with van der Waals surface area (Å²) in [5, 5.41) is 7.07. The third-order valence-electron chi connectivity index (χ3n) is 5.50. The number of nitrogens with zero attached hydrogens (tertiary/aromatic N) is 2. The van der Waals surface area contributed by atoms with Gasteiger partial charge in [-0.3, -0.25) is 9.59 Å². The van der Waals surface area contributed by atoms with Crippen LogP contribution in [0.5, 0.6) is 0 Å². The van der Waals surface area contributed by atoms with Crippen molar-refractivity contribution in [2.45, 2.75) is 0 Å². The summed E-state index contributed by atoms with van der Waals surface area (Å²) in [6.45, 7) is -0.540. The largest absolute Gasteiger partial charge is 0.329 e. The molecule has 3 aromatic carbocycles. The van der Waals surface area contributed by atoms with Gasteiger partial charge in [0.2, 0.25) is 5.91 Å². The maximum absolute atomic E-state index is 13.8. The molecule has 0 spiro atoms. The molecule has 1 fully saturated rings. The Balaban J connectivity index is 1.36. The van der Waals surface area contributed by atoms with E-state index in [1.807, 2.05) is 65.4 Å². The second kappa shape index (κ2) is 8.67. The number of halogens is 1. The topological polar surface area (TPSA) is 83.4 Å². The molecule has 1 aliphatic rings. The second-order valence-electron chi connectivity index (χ2n) is 7.74. The van der Waals surface area contributed by atoms with Gasteiger partial charge in [-0.1, -0.05) is 42.5 Å². The second-order valence-corrected chi connectivity index (χ2v) is 7.74. The Morgan fingerprint density at radius 1 is 0.941 bits per heavy atom. The van der Waals surface area contributed by atoms with Crippen molar-refractivity contribution >= 4 is 40.4 Å². The van der Waals surface area contributed by atoms with Crippen molar-refractivity contribution < 1.29 is 18.8 Å². The first-order chi connectivity index (χ1) is 16.5. The number of fused-ring (bicyclic) bond motifs is 1. The smallest absolute Gasteiger partial charge is 0.322 e. The first-order valence-electron chi connectivity index (χ1n) is 10.5. The zero-order chi connectivity index (χ0) is 23.7. The van der Waals surface area contributed by atoms with Crippen LogP contribution in [-0.4, -0.2) is 33.9 Å². The van der Waals surface area contributed by atoms with Crippen LogP contribution in [0.2, 0.25) is 0 Å². The Labute approximate surface area is 194 Å². The van der Waals surface area contributed by atoms with E-state index < -0.39 is 30.2 Å². The van der Waals surface area contributed by atoms with Gasteiger partial charge in [-0.15, -0.1) is 0 Å². The van der Waals surface area contributed by atoms with Crippen molar-refractivity contribution in [3.8, 4) is 5.69 Å². The normalized spacial score (nSPS) is 14.6. The predicted molar refractivity (Wildman–Crippen MR) is 127 cm³/mol. The van der Waals surface area contributed by atoms with E-state index in [0.717, 1.165) is 21.4 Å². The van der Waals surface area contributed by atoms with Gasteiger partial charge in [0, 0.05) is 17.6 Å². The van der Waals surface area contributed by atoms with E-state index in [1.54, 1.807) is 12.1 Å². The molecule has 1 aromatic heterocycles. The molecule has 0 bridgehead atoms. The molecule has 168 valence electrons. The molecule has 4 amide bonds. The molecule has 34 heavy (non-hydrogen) atoms. The van der Waals surface area contributed by atoms with Crippen LogP contribution < -0.4 is 10.6 Å². The van der Waals surface area contributed by atoms with Gasteiger partial charge in [0.25, 0.3) is 5.91 Å². The minimum absolute atomic E-state index is 0.0245. The first-order valence-corrected chi connectivity index (χ1v) is 10.5. The molecular formula is C26H19FN4O3. The van der Waals surface area contributed by atoms with Crippen LogP contribution in [0.4, 0.5) is 14.9 Å². The van der Waals surface area contributed by atoms with Gasteiger partial charge in [0.15, 0.2) is 0 Å². The lowest BCUT2D eigenvalue weighted by Gasteiger charge is -2.12. The average molecular weight is 454 g/mol. The Morgan fingerprint density at radius 3 is 2.53 bits per heavy atom. The number of hydrogen-bond acceptors (Lipinski definition) is 3. The average Bonchev–Trinajstić information content (AvgIpc) is 3.40. The standard InChI is InChI=1S/C26H19FN4O3/c27-21-9-3-4-10-22(21)28-24(32)16-31-25(33)23(29-26(31)34)15-19-8-5-13-30(19)20-12-11-17-6-1-2-7-18(17)14-20/h1-15H,16H2,(H,28,32)(H,29,34)/b23-15-. The maximum atomic E-state index is 13.8. The van der Waals surface area contributed by atoms with Crippen LogP contribution in [0.25, 0.3) is 22.5 Å². The fraction of sp³-hybridized carbons (Fsp3) is 0.0385. The minimum Gasteiger partial charge on any atom is -0.322 e. The van der Waals surface area contributed by atoms with Crippen LogP contribution in [-0.2, 0) is 9.59 Å². The molecule has 0 radical (unpaired) electrons. The lowest BCUT2D eigenvalue weighted by atomic mass is 10.1. The van der Waals surface area contributed by atoms with Crippen LogP contribution in [0.1, 0.15) is 5.69 Å². The van der Waals surface area contributed by atoms with Crippen LogP contribution >= 0.6 is 0 Å². The van der Waals surface area contributed by atoms with Gasteiger partial charge in [-0.2, -0.15) is 0 Å². The van der Waals surface area contributed by atoms with Crippen molar-refractivity contribution in [2.75, 3.05) is 11.9 Å². The van der Waals surface area contributed by atoms with Crippen molar-refractivity contribution in [2.24, 2.45) is 0 Å². The Bertz CT molecular complexity index is 1470. The number of carbonyl (C=O) groups is 3. The lowest BCUT2D eigenvalue weighted by molar-refractivity contribution is -0.127. The maximum Gasteiger partial charge on any atom is 0.329 e. The number of aromatic nitrogens is 1. The van der Waals surface area contributed by atoms with Crippen molar-refractivity contribution in [3.05, 3.63) is 102 Å². The zero-order valence-electron chi connectivity index (χ0n) is 17.9. The number of urea groups is 1. The molecule has 7 nitrogen and oxygen atoms in total. The lowest BCUT2D eigenvalue weighted by Crippen LogP contribution is -2.38. The molecule has 2 heterocycles. The van der Waals surface area contributed by atoms with E-state index in [0.29, 0.717) is 5.69 Å². The highest BCUT2D eigenvalue weighted by Crippen LogP contribution is 2.22. The molecule has 2 N–H and O–H groups in total. The number of para-hydroxylation sites is 1. The van der Waals surface area contributed by atoms with E-state index in [1.165, 1.54) is 18.2 Å². The monoisotopic (exact) mass is 454 g/mol. The van der Waals surface area contributed by atoms with Gasteiger partial charge in [-0.25, -0.2) is 14.1 Å². The summed E-state index contributed by atoms with van der Waals surface area (Å²) in [6, 6.07) is 22.6. The Kier molecular flexibility index (Phi) is 5.39. The number of anilines is 1. The minimum atomic E-state index is -0.719. The fourth-order valence-electron chi connectivity index (χ4n) is 3.83. The number of amides is 4. The number of benzene rings is 3. The SMILES string of the molecule is O=C(CN1C(=O)N/C(=C\c2cccn2-c2ccc3ccccc3c2)C1=O)Nc1ccccc1F. The Hall–Kier alpha value is -4.72. The van der Waals surface area contributed by atoms with Gasteiger partial charge in [0.05, 0.1) is 5.69 Å². The third kappa shape index (κ3) is 4.04. The van der Waals surface area contributed by atoms with E-state index in [4.69, 9.17) is 0 Å². The third-order valence-corrected chi connectivity index (χ3v) is 5.50. The molecule has 5 rings (SSSR count). The van der Waals surface area contributed by atoms with E-state index in [2.05, 4.69) is 10.6 Å². The number of imide groups is 1. The van der Waals surface area contributed by atoms with Crippen molar-refractivity contribution in [1.82, 2.24) is 14.8 Å². The van der Waals surface area contributed by atoms with E-state index >= 15 is 0 Å². The van der Waals surface area contributed by atoms with Crippen LogP contribution in [0.15, 0.2) is 90.8 Å². The molecule has 1 saturated heterocycles. The summed E-state index contributed by atoms with van der Waals surface area (Å²) >= 11 is 0. The highest BCUT2D eigenvalue weighted by atomic mass is 19.1. The predicted octanol–water partition coefficient (Wildman–Crippen LogP) is 4.30. The molecule has 4 aromatic rings. The number of nitrogens with one attached hydrogen (secondary N) is 2. The van der Waals surface area contributed by atoms with E-state index in [-0.39, 0.29) is 11.4 Å². The summed E-state index contributed by atoms with van der Waals surface area (Å²) in [4.78, 5) is 38.3. The Morgan fingerprint density at radius 2 is 1.71 bits per heavy atom. The highest BCUT2D eigenvalue weighted by Gasteiger charge is 2.35. The summed E-state index contributed by atoms with van der Waals surface area (Å²) in [5.41, 5.74) is 1.60. The van der Waals surface area contributed by atoms with Gasteiger partial charge < -0.3 is 15.2 Å². The molecule has 0 unspecified atom stereocenters. The number of carbonyl (C=O) groups excluding carboxylic acids is 3. The molecule has 0 aliphatic carbocycles. The van der Waals surface area contributed by atoms with Gasteiger partial charge >= 0.3 is 6.03 Å². The van der Waals surface area contributed by atoms with Crippen LogP contribution in [0.3, 0.4) is 0 Å². The number of rotatable bonds is 5. The molecule has 0 saturated carbocycles. The molecule has 1 aliphatic heterocycles. The fourth-order valence-corrected chi connectivity index (χ4v) is 3.83. The molecule has 8 heteroatoms. The molecule has 0 atom stereocenters. The molecular weight excluding hydrogens is 435 g/mol. The summed E-state index contributed by atoms with van der Waals surface area (Å²) < 4.78 is 15.7. The highest BCUT2D eigenvalue weighted by molar-refractivity contribution is 6.15. The summed E-state index contributed by atoms with van der Waals surface area (Å²) in [5.74, 6) is -1.93. The first kappa shape index (κ1) is 21.1. The van der Waals surface area contributed by atoms with E-state index in [9.17, 15) is 18.8 Å². The summed E-state index contributed by atoms with van der Waals surface area (Å²) in [6.07, 6.45) is 3.42.